The summed E-state index contributed by atoms with van der Waals surface area (Å²) in [5, 5.41) is 3.24. The summed E-state index contributed by atoms with van der Waals surface area (Å²) in [6, 6.07) is 14.1. The van der Waals surface area contributed by atoms with Crippen molar-refractivity contribution in [2.24, 2.45) is 0 Å². The standard InChI is InChI=1S/C28H29N3O5S/c1-4-6-14-36-28(34)20-8-7-9-21(15-20)30-23(32)16-31-17-29-26-25(27(31)33)24(18(3)37-26)19-10-12-22(13-11-19)35-5-2/h7-13,15,17H,4-6,14,16H2,1-3H3,(H,30,32). The van der Waals surface area contributed by atoms with Crippen molar-refractivity contribution < 1.29 is 19.1 Å². The number of rotatable bonds is 10. The van der Waals surface area contributed by atoms with Crippen LogP contribution in [-0.2, 0) is 16.1 Å². The van der Waals surface area contributed by atoms with E-state index >= 15 is 0 Å². The number of unbranched alkanes of at least 4 members (excludes halogenated alkanes) is 1. The number of anilines is 1. The smallest absolute Gasteiger partial charge is 0.338 e. The van der Waals surface area contributed by atoms with Gasteiger partial charge in [0.2, 0.25) is 5.91 Å². The average Bonchev–Trinajstić information content (AvgIpc) is 3.23. The Morgan fingerprint density at radius 3 is 2.62 bits per heavy atom. The predicted molar refractivity (Wildman–Crippen MR) is 145 cm³/mol. The van der Waals surface area contributed by atoms with E-state index < -0.39 is 11.9 Å². The molecule has 1 amide bonds. The topological polar surface area (TPSA) is 99.5 Å². The fourth-order valence-electron chi connectivity index (χ4n) is 3.95. The number of ether oxygens (including phenoxy) is 2. The molecule has 0 saturated carbocycles. The van der Waals surface area contributed by atoms with Crippen molar-refractivity contribution in [3.8, 4) is 16.9 Å². The number of amides is 1. The van der Waals surface area contributed by atoms with Crippen LogP contribution >= 0.6 is 11.3 Å². The first kappa shape index (κ1) is 26.1. The molecule has 0 aliphatic heterocycles. The van der Waals surface area contributed by atoms with E-state index in [9.17, 15) is 14.4 Å². The summed E-state index contributed by atoms with van der Waals surface area (Å²) < 4.78 is 12.1. The molecule has 4 aromatic rings. The molecule has 8 nitrogen and oxygen atoms in total. The van der Waals surface area contributed by atoms with Crippen LogP contribution in [0.5, 0.6) is 5.75 Å². The highest BCUT2D eigenvalue weighted by Crippen LogP contribution is 2.36. The number of thiophene rings is 1. The molecule has 192 valence electrons. The first-order chi connectivity index (χ1) is 17.9. The van der Waals surface area contributed by atoms with Gasteiger partial charge in [-0.3, -0.25) is 14.2 Å². The molecule has 37 heavy (non-hydrogen) atoms. The van der Waals surface area contributed by atoms with E-state index in [0.29, 0.717) is 34.7 Å². The highest BCUT2D eigenvalue weighted by Gasteiger charge is 2.18. The maximum absolute atomic E-state index is 13.4. The fraction of sp³-hybridized carbons (Fsp3) is 0.286. The summed E-state index contributed by atoms with van der Waals surface area (Å²) >= 11 is 1.44. The molecule has 0 aliphatic rings. The van der Waals surface area contributed by atoms with Gasteiger partial charge in [0.05, 0.1) is 30.5 Å². The van der Waals surface area contributed by atoms with Crippen LogP contribution in [0.15, 0.2) is 59.7 Å². The van der Waals surface area contributed by atoms with Crippen molar-refractivity contribution in [3.05, 3.63) is 75.7 Å². The number of benzene rings is 2. The number of aryl methyl sites for hydroxylation is 1. The summed E-state index contributed by atoms with van der Waals surface area (Å²) in [6.07, 6.45) is 3.11. The number of aromatic nitrogens is 2. The van der Waals surface area contributed by atoms with Crippen LogP contribution in [0.1, 0.15) is 41.9 Å². The molecule has 1 N–H and O–H groups in total. The maximum atomic E-state index is 13.4. The van der Waals surface area contributed by atoms with Gasteiger partial charge in [-0.1, -0.05) is 31.5 Å². The van der Waals surface area contributed by atoms with Gasteiger partial charge in [0.15, 0.2) is 0 Å². The lowest BCUT2D eigenvalue weighted by Gasteiger charge is -2.10. The molecule has 9 heteroatoms. The largest absolute Gasteiger partial charge is 0.494 e. The van der Waals surface area contributed by atoms with Gasteiger partial charge in [0.25, 0.3) is 5.56 Å². The van der Waals surface area contributed by atoms with Gasteiger partial charge >= 0.3 is 5.97 Å². The summed E-state index contributed by atoms with van der Waals surface area (Å²) in [7, 11) is 0. The summed E-state index contributed by atoms with van der Waals surface area (Å²) in [5.41, 5.74) is 2.20. The Bertz CT molecular complexity index is 1470. The molecule has 2 heterocycles. The lowest BCUT2D eigenvalue weighted by molar-refractivity contribution is -0.116. The van der Waals surface area contributed by atoms with Crippen LogP contribution in [0.4, 0.5) is 5.69 Å². The van der Waals surface area contributed by atoms with Crippen molar-refractivity contribution in [1.29, 1.82) is 0 Å². The number of carbonyl (C=O) groups excluding carboxylic acids is 2. The number of esters is 1. The van der Waals surface area contributed by atoms with E-state index in [1.165, 1.54) is 22.2 Å². The van der Waals surface area contributed by atoms with E-state index in [1.807, 2.05) is 45.0 Å². The lowest BCUT2D eigenvalue weighted by atomic mass is 10.0. The summed E-state index contributed by atoms with van der Waals surface area (Å²) in [4.78, 5) is 44.5. The Labute approximate surface area is 218 Å². The van der Waals surface area contributed by atoms with Crippen molar-refractivity contribution >= 4 is 39.1 Å². The SMILES string of the molecule is CCCCOC(=O)c1cccc(NC(=O)Cn2cnc3sc(C)c(-c4ccc(OCC)cc4)c3c2=O)c1. The van der Waals surface area contributed by atoms with Gasteiger partial charge in [-0.15, -0.1) is 11.3 Å². The number of nitrogens with one attached hydrogen (secondary N) is 1. The Balaban J connectivity index is 1.54. The van der Waals surface area contributed by atoms with Crippen molar-refractivity contribution in [2.75, 3.05) is 18.5 Å². The van der Waals surface area contributed by atoms with Crippen molar-refractivity contribution in [1.82, 2.24) is 9.55 Å². The monoisotopic (exact) mass is 519 g/mol. The zero-order valence-electron chi connectivity index (χ0n) is 21.1. The third kappa shape index (κ3) is 6.06. The highest BCUT2D eigenvalue weighted by molar-refractivity contribution is 7.19. The molecule has 0 unspecified atom stereocenters. The third-order valence-electron chi connectivity index (χ3n) is 5.74. The second-order valence-corrected chi connectivity index (χ2v) is 9.67. The Morgan fingerprint density at radius 2 is 1.89 bits per heavy atom. The maximum Gasteiger partial charge on any atom is 0.338 e. The number of fused-ring (bicyclic) bond motifs is 1. The van der Waals surface area contributed by atoms with E-state index in [4.69, 9.17) is 9.47 Å². The van der Waals surface area contributed by atoms with Crippen LogP contribution in [0, 0.1) is 6.92 Å². The fourth-order valence-corrected chi connectivity index (χ4v) is 4.96. The number of nitrogens with zero attached hydrogens (tertiary/aromatic N) is 2. The van der Waals surface area contributed by atoms with Gasteiger partial charge in [-0.25, -0.2) is 9.78 Å². The van der Waals surface area contributed by atoms with Crippen LogP contribution in [0.2, 0.25) is 0 Å². The molecule has 4 rings (SSSR count). The molecule has 0 bridgehead atoms. The molecule has 0 fully saturated rings. The minimum absolute atomic E-state index is 0.218. The molecule has 0 atom stereocenters. The average molecular weight is 520 g/mol. The van der Waals surface area contributed by atoms with Crippen molar-refractivity contribution in [2.45, 2.75) is 40.2 Å². The van der Waals surface area contributed by atoms with Gasteiger partial charge < -0.3 is 14.8 Å². The van der Waals surface area contributed by atoms with Crippen molar-refractivity contribution in [3.63, 3.8) is 0 Å². The van der Waals surface area contributed by atoms with E-state index in [1.54, 1.807) is 24.3 Å². The zero-order chi connectivity index (χ0) is 26.4. The Morgan fingerprint density at radius 1 is 1.11 bits per heavy atom. The first-order valence-electron chi connectivity index (χ1n) is 12.2. The lowest BCUT2D eigenvalue weighted by Crippen LogP contribution is -2.27. The molecule has 0 saturated heterocycles. The second-order valence-electron chi connectivity index (χ2n) is 8.47. The molecule has 0 spiro atoms. The van der Waals surface area contributed by atoms with Gasteiger partial charge in [-0.2, -0.15) is 0 Å². The minimum Gasteiger partial charge on any atom is -0.494 e. The third-order valence-corrected chi connectivity index (χ3v) is 6.75. The van der Waals surface area contributed by atoms with E-state index in [2.05, 4.69) is 10.3 Å². The minimum atomic E-state index is -0.440. The predicted octanol–water partition coefficient (Wildman–Crippen LogP) is 5.43. The normalized spacial score (nSPS) is 10.9. The zero-order valence-corrected chi connectivity index (χ0v) is 21.9. The van der Waals surface area contributed by atoms with Crippen LogP contribution in [0.25, 0.3) is 21.3 Å². The molecular formula is C28H29N3O5S. The molecule has 0 radical (unpaired) electrons. The van der Waals surface area contributed by atoms with Crippen LogP contribution in [0.3, 0.4) is 0 Å². The van der Waals surface area contributed by atoms with Crippen LogP contribution < -0.4 is 15.6 Å². The van der Waals surface area contributed by atoms with Gasteiger partial charge in [0, 0.05) is 16.1 Å². The first-order valence-corrected chi connectivity index (χ1v) is 13.0. The molecular weight excluding hydrogens is 490 g/mol. The highest BCUT2D eigenvalue weighted by atomic mass is 32.1. The van der Waals surface area contributed by atoms with Gasteiger partial charge in [0.1, 0.15) is 17.1 Å². The van der Waals surface area contributed by atoms with E-state index in [0.717, 1.165) is 34.6 Å². The Kier molecular flexibility index (Phi) is 8.35. The number of hydrogen-bond donors (Lipinski definition) is 1. The molecule has 2 aromatic heterocycles. The number of hydrogen-bond acceptors (Lipinski definition) is 7. The second kappa shape index (κ2) is 11.8. The summed E-state index contributed by atoms with van der Waals surface area (Å²) in [6.45, 7) is 6.60. The molecule has 2 aromatic carbocycles. The van der Waals surface area contributed by atoms with Crippen LogP contribution in [-0.4, -0.2) is 34.6 Å². The van der Waals surface area contributed by atoms with Gasteiger partial charge in [-0.05, 0) is 56.2 Å². The molecule has 0 aliphatic carbocycles. The Hall–Kier alpha value is -3.98. The number of carbonyl (C=O) groups is 2. The summed E-state index contributed by atoms with van der Waals surface area (Å²) in [5.74, 6) is -0.0895. The quantitative estimate of drug-likeness (QED) is 0.222. The van der Waals surface area contributed by atoms with E-state index in [-0.39, 0.29) is 12.1 Å².